The van der Waals surface area contributed by atoms with E-state index < -0.39 is 15.8 Å². The van der Waals surface area contributed by atoms with E-state index in [2.05, 4.69) is 0 Å². The molecule has 2 rings (SSSR count). The summed E-state index contributed by atoms with van der Waals surface area (Å²) in [6.07, 6.45) is 0.253. The zero-order chi connectivity index (χ0) is 19.0. The van der Waals surface area contributed by atoms with Gasteiger partial charge in [0.15, 0.2) is 9.84 Å². The van der Waals surface area contributed by atoms with E-state index in [0.717, 1.165) is 5.56 Å². The second-order valence-corrected chi connectivity index (χ2v) is 7.87. The third-order valence-electron chi connectivity index (χ3n) is 3.59. The van der Waals surface area contributed by atoms with E-state index in [1.807, 2.05) is 6.92 Å². The molecule has 0 aromatic heterocycles. The van der Waals surface area contributed by atoms with Crippen LogP contribution in [0.25, 0.3) is 0 Å². The third-order valence-corrected chi connectivity index (χ3v) is 5.32. The van der Waals surface area contributed by atoms with Crippen LogP contribution in [0, 0.1) is 12.7 Å². The maximum absolute atomic E-state index is 12.7. The molecule has 0 aliphatic carbocycles. The lowest BCUT2D eigenvalue weighted by Crippen LogP contribution is -2.15. The first-order valence-corrected chi connectivity index (χ1v) is 9.85. The van der Waals surface area contributed by atoms with E-state index >= 15 is 0 Å². The maximum Gasteiger partial charge on any atom is 0.306 e. The van der Waals surface area contributed by atoms with Crippen LogP contribution in [0.5, 0.6) is 5.75 Å². The Morgan fingerprint density at radius 1 is 1.00 bits per heavy atom. The van der Waals surface area contributed by atoms with Gasteiger partial charge in [-0.25, -0.2) is 12.8 Å². The Bertz CT molecular complexity index is 814. The molecule has 0 atom stereocenters. The van der Waals surface area contributed by atoms with Gasteiger partial charge in [-0.05, 0) is 43.3 Å². The van der Waals surface area contributed by atoms with Gasteiger partial charge in [0.05, 0.1) is 30.3 Å². The molecule has 26 heavy (non-hydrogen) atoms. The molecule has 140 valence electrons. The molecule has 0 radical (unpaired) electrons. The van der Waals surface area contributed by atoms with Crippen LogP contribution >= 0.6 is 0 Å². The highest BCUT2D eigenvalue weighted by atomic mass is 32.2. The van der Waals surface area contributed by atoms with Gasteiger partial charge in [-0.1, -0.05) is 17.7 Å². The quantitative estimate of drug-likeness (QED) is 0.493. The lowest BCUT2D eigenvalue weighted by Gasteiger charge is -2.08. The third kappa shape index (κ3) is 6.48. The predicted octanol–water partition coefficient (Wildman–Crippen LogP) is 3.31. The smallest absolute Gasteiger partial charge is 0.306 e. The molecule has 2 aromatic carbocycles. The second kappa shape index (κ2) is 9.33. The molecule has 0 amide bonds. The fourth-order valence-electron chi connectivity index (χ4n) is 2.12. The molecule has 0 spiro atoms. The van der Waals surface area contributed by atoms with Crippen molar-refractivity contribution in [1.29, 1.82) is 0 Å². The highest BCUT2D eigenvalue weighted by Crippen LogP contribution is 2.13. The van der Waals surface area contributed by atoms with Crippen LogP contribution in [0.15, 0.2) is 53.4 Å². The van der Waals surface area contributed by atoms with Gasteiger partial charge < -0.3 is 9.47 Å². The Labute approximate surface area is 152 Å². The summed E-state index contributed by atoms with van der Waals surface area (Å²) < 4.78 is 47.4. The van der Waals surface area contributed by atoms with Crippen LogP contribution in [-0.2, 0) is 19.4 Å². The van der Waals surface area contributed by atoms with Crippen LogP contribution in [0.4, 0.5) is 4.39 Å². The number of aryl methyl sites for hydroxylation is 1. The van der Waals surface area contributed by atoms with E-state index in [9.17, 15) is 17.6 Å². The SMILES string of the molecule is Cc1ccc(S(=O)(=O)CCC(=O)OCCCOc2ccc(F)cc2)cc1. The Morgan fingerprint density at radius 3 is 2.31 bits per heavy atom. The monoisotopic (exact) mass is 380 g/mol. The molecule has 0 N–H and O–H groups in total. The Kier molecular flexibility index (Phi) is 7.15. The number of benzene rings is 2. The number of hydrogen-bond acceptors (Lipinski definition) is 5. The highest BCUT2D eigenvalue weighted by Gasteiger charge is 2.16. The molecule has 0 aliphatic rings. The minimum atomic E-state index is -3.50. The standard InChI is InChI=1S/C19H21FO5S/c1-15-3-9-18(10-4-15)26(22,23)14-11-19(21)25-13-2-12-24-17-7-5-16(20)6-8-17/h3-10H,2,11-14H2,1H3. The fourth-order valence-corrected chi connectivity index (χ4v) is 3.34. The molecule has 0 bridgehead atoms. The van der Waals surface area contributed by atoms with Gasteiger partial charge in [-0.2, -0.15) is 0 Å². The average Bonchev–Trinajstić information content (AvgIpc) is 2.62. The summed E-state index contributed by atoms with van der Waals surface area (Å²) in [4.78, 5) is 11.9. The highest BCUT2D eigenvalue weighted by molar-refractivity contribution is 7.91. The van der Waals surface area contributed by atoms with Gasteiger partial charge in [0.25, 0.3) is 0 Å². The van der Waals surface area contributed by atoms with Gasteiger partial charge in [-0.3, -0.25) is 4.79 Å². The summed E-state index contributed by atoms with van der Waals surface area (Å²) in [7, 11) is -3.50. The van der Waals surface area contributed by atoms with Crippen molar-refractivity contribution in [2.45, 2.75) is 24.7 Å². The first kappa shape index (κ1) is 19.9. The zero-order valence-electron chi connectivity index (χ0n) is 14.5. The van der Waals surface area contributed by atoms with Gasteiger partial charge in [-0.15, -0.1) is 0 Å². The fraction of sp³-hybridized carbons (Fsp3) is 0.316. The number of hydrogen-bond donors (Lipinski definition) is 0. The number of carbonyl (C=O) groups excluding carboxylic acids is 1. The van der Waals surface area contributed by atoms with E-state index in [0.29, 0.717) is 18.8 Å². The summed E-state index contributed by atoms with van der Waals surface area (Å²) >= 11 is 0. The molecular formula is C19H21FO5S. The van der Waals surface area contributed by atoms with E-state index in [1.165, 1.54) is 36.4 Å². The van der Waals surface area contributed by atoms with Crippen molar-refractivity contribution in [1.82, 2.24) is 0 Å². The molecule has 7 heteroatoms. The molecular weight excluding hydrogens is 359 g/mol. The molecule has 0 saturated heterocycles. The van der Waals surface area contributed by atoms with E-state index in [4.69, 9.17) is 9.47 Å². The summed E-state index contributed by atoms with van der Waals surface area (Å²) in [5, 5.41) is 0. The maximum atomic E-state index is 12.7. The topological polar surface area (TPSA) is 69.7 Å². The lowest BCUT2D eigenvalue weighted by atomic mass is 10.2. The minimum absolute atomic E-state index is 0.130. The number of ether oxygens (including phenoxy) is 2. The van der Waals surface area contributed by atoms with E-state index in [1.54, 1.807) is 12.1 Å². The number of sulfone groups is 1. The Balaban J connectivity index is 1.65. The molecule has 0 fully saturated rings. The number of halogens is 1. The molecule has 0 saturated carbocycles. The lowest BCUT2D eigenvalue weighted by molar-refractivity contribution is -0.143. The van der Waals surface area contributed by atoms with Crippen LogP contribution in [0.1, 0.15) is 18.4 Å². The molecule has 2 aromatic rings. The van der Waals surface area contributed by atoms with Crippen molar-refractivity contribution in [2.24, 2.45) is 0 Å². The first-order valence-electron chi connectivity index (χ1n) is 8.20. The van der Waals surface area contributed by atoms with Crippen molar-refractivity contribution >= 4 is 15.8 Å². The van der Waals surface area contributed by atoms with Crippen LogP contribution in [-0.4, -0.2) is 33.4 Å². The van der Waals surface area contributed by atoms with Crippen LogP contribution in [0.3, 0.4) is 0 Å². The van der Waals surface area contributed by atoms with Crippen LogP contribution in [0.2, 0.25) is 0 Å². The Hall–Kier alpha value is -2.41. The van der Waals surface area contributed by atoms with Gasteiger partial charge in [0.2, 0.25) is 0 Å². The van der Waals surface area contributed by atoms with Crippen molar-refractivity contribution < 1.29 is 27.1 Å². The normalized spacial score (nSPS) is 11.2. The Morgan fingerprint density at radius 2 is 1.65 bits per heavy atom. The molecule has 0 unspecified atom stereocenters. The zero-order valence-corrected chi connectivity index (χ0v) is 15.3. The van der Waals surface area contributed by atoms with Gasteiger partial charge in [0, 0.05) is 6.42 Å². The average molecular weight is 380 g/mol. The minimum Gasteiger partial charge on any atom is -0.493 e. The number of rotatable bonds is 9. The van der Waals surface area contributed by atoms with E-state index in [-0.39, 0.29) is 29.5 Å². The van der Waals surface area contributed by atoms with Crippen molar-refractivity contribution in [2.75, 3.05) is 19.0 Å². The second-order valence-electron chi connectivity index (χ2n) is 5.76. The molecule has 0 heterocycles. The van der Waals surface area contributed by atoms with Gasteiger partial charge >= 0.3 is 5.97 Å². The molecule has 0 aliphatic heterocycles. The van der Waals surface area contributed by atoms with Crippen molar-refractivity contribution in [3.8, 4) is 5.75 Å². The molecule has 5 nitrogen and oxygen atoms in total. The number of esters is 1. The number of carbonyl (C=O) groups is 1. The largest absolute Gasteiger partial charge is 0.493 e. The first-order chi connectivity index (χ1) is 12.4. The van der Waals surface area contributed by atoms with Crippen molar-refractivity contribution in [3.63, 3.8) is 0 Å². The van der Waals surface area contributed by atoms with Crippen molar-refractivity contribution in [3.05, 3.63) is 59.9 Å². The summed E-state index contributed by atoms with van der Waals surface area (Å²) in [6, 6.07) is 12.1. The summed E-state index contributed by atoms with van der Waals surface area (Å²) in [5.74, 6) is -0.669. The van der Waals surface area contributed by atoms with Gasteiger partial charge in [0.1, 0.15) is 11.6 Å². The summed E-state index contributed by atoms with van der Waals surface area (Å²) in [5.41, 5.74) is 0.964. The van der Waals surface area contributed by atoms with Crippen LogP contribution < -0.4 is 4.74 Å². The predicted molar refractivity (Wildman–Crippen MR) is 95.3 cm³/mol. The summed E-state index contributed by atoms with van der Waals surface area (Å²) in [6.45, 7) is 2.30.